The first kappa shape index (κ1) is 32.4. The maximum absolute atomic E-state index is 11.8. The monoisotopic (exact) mass is 587 g/mol. The van der Waals surface area contributed by atoms with Crippen molar-refractivity contribution in [1.29, 1.82) is 5.41 Å². The molecule has 0 unspecified atom stereocenters. The minimum atomic E-state index is -0.890. The molecule has 40 heavy (non-hydrogen) atoms. The number of amides is 1. The van der Waals surface area contributed by atoms with Gasteiger partial charge in [0.15, 0.2) is 0 Å². The Labute approximate surface area is 246 Å². The topological polar surface area (TPSA) is 130 Å². The van der Waals surface area contributed by atoms with Gasteiger partial charge in [-0.15, -0.1) is 24.8 Å². The number of likely N-dealkylation sites (tertiary alicyclic amines) is 1. The average molecular weight is 589 g/mol. The van der Waals surface area contributed by atoms with Gasteiger partial charge in [0, 0.05) is 38.0 Å². The molecule has 0 radical (unpaired) electrons. The summed E-state index contributed by atoms with van der Waals surface area (Å²) < 4.78 is 10.8. The Hall–Kier alpha value is -3.82. The van der Waals surface area contributed by atoms with E-state index >= 15 is 0 Å². The summed E-state index contributed by atoms with van der Waals surface area (Å²) in [4.78, 5) is 30.0. The van der Waals surface area contributed by atoms with Gasteiger partial charge in [-0.05, 0) is 66.6 Å². The van der Waals surface area contributed by atoms with Crippen molar-refractivity contribution in [2.75, 3.05) is 19.7 Å². The van der Waals surface area contributed by atoms with Gasteiger partial charge in [0.1, 0.15) is 17.7 Å². The number of amidine groups is 2. The summed E-state index contributed by atoms with van der Waals surface area (Å²) in [7, 11) is 0. The number of rotatable bonds is 7. The van der Waals surface area contributed by atoms with E-state index in [1.165, 1.54) is 0 Å². The summed E-state index contributed by atoms with van der Waals surface area (Å²) in [5.74, 6) is 0.127. The molecular weight excluding hydrogens is 553 g/mol. The van der Waals surface area contributed by atoms with Gasteiger partial charge in [-0.3, -0.25) is 10.2 Å². The van der Waals surface area contributed by atoms with Crippen molar-refractivity contribution >= 4 is 64.8 Å². The molecule has 0 aromatic heterocycles. The molecule has 1 fully saturated rings. The number of nitrogens with zero attached hydrogens (tertiary/aromatic N) is 2. The average Bonchev–Trinajstić information content (AvgIpc) is 2.92. The fraction of sp³-hybridized carbons (Fsp3) is 0.310. The number of ether oxygens (including phenoxy) is 2. The quantitative estimate of drug-likeness (QED) is 0.158. The highest BCUT2D eigenvalue weighted by atomic mass is 35.5. The molecule has 0 aliphatic carbocycles. The van der Waals surface area contributed by atoms with Gasteiger partial charge in [-0.1, -0.05) is 24.3 Å². The maximum atomic E-state index is 11.8. The van der Waals surface area contributed by atoms with Crippen LogP contribution in [-0.4, -0.2) is 54.2 Å². The third-order valence-corrected chi connectivity index (χ3v) is 6.42. The first-order valence-corrected chi connectivity index (χ1v) is 12.7. The van der Waals surface area contributed by atoms with Gasteiger partial charge >= 0.3 is 11.9 Å². The van der Waals surface area contributed by atoms with Crippen molar-refractivity contribution in [3.63, 3.8) is 0 Å². The highest BCUT2D eigenvalue weighted by Crippen LogP contribution is 2.24. The Morgan fingerprint density at radius 1 is 1.02 bits per heavy atom. The predicted octanol–water partition coefficient (Wildman–Crippen LogP) is 4.74. The smallest absolute Gasteiger partial charge is 0.396 e. The van der Waals surface area contributed by atoms with Crippen LogP contribution in [0.2, 0.25) is 0 Å². The number of hydrogen-bond donors (Lipinski definition) is 3. The highest BCUT2D eigenvalue weighted by Gasteiger charge is 2.20. The zero-order valence-corrected chi connectivity index (χ0v) is 24.1. The van der Waals surface area contributed by atoms with Crippen molar-refractivity contribution in [1.82, 2.24) is 10.2 Å². The van der Waals surface area contributed by atoms with Gasteiger partial charge in [0.05, 0.1) is 18.1 Å². The first-order valence-electron chi connectivity index (χ1n) is 12.7. The number of halogens is 2. The number of carbonyl (C=O) groups is 2. The second-order valence-electron chi connectivity index (χ2n) is 9.18. The molecule has 4 rings (SSSR count). The zero-order valence-electron chi connectivity index (χ0n) is 22.5. The van der Waals surface area contributed by atoms with Crippen molar-refractivity contribution in [2.45, 2.75) is 39.3 Å². The molecule has 3 aromatic rings. The van der Waals surface area contributed by atoms with Crippen LogP contribution in [0.15, 0.2) is 65.7 Å². The lowest BCUT2D eigenvalue weighted by molar-refractivity contribution is -0.154. The molecule has 1 aliphatic heterocycles. The minimum Gasteiger partial charge on any atom is -0.490 e. The number of nitrogens with one attached hydrogen (secondary N) is 2. The SMILES string of the molecule is CCOC(=O)C(=O)NCc1ccc2ccc(C(N)=Nc3ccc(OC4CCN(C(C)=N)CC4)cc3)cc2c1.Cl.Cl. The Balaban J connectivity index is 0.00000280. The molecule has 1 saturated heterocycles. The zero-order chi connectivity index (χ0) is 27.1. The van der Waals surface area contributed by atoms with E-state index in [4.69, 9.17) is 20.6 Å². The van der Waals surface area contributed by atoms with Crippen molar-refractivity contribution in [2.24, 2.45) is 10.7 Å². The summed E-state index contributed by atoms with van der Waals surface area (Å²) in [5, 5.41) is 12.3. The Morgan fingerprint density at radius 2 is 1.70 bits per heavy atom. The Morgan fingerprint density at radius 3 is 2.35 bits per heavy atom. The van der Waals surface area contributed by atoms with Gasteiger partial charge in [0.25, 0.3) is 0 Å². The van der Waals surface area contributed by atoms with Crippen LogP contribution in [0.25, 0.3) is 10.8 Å². The van der Waals surface area contributed by atoms with E-state index in [1.54, 1.807) is 6.92 Å². The molecule has 9 nitrogen and oxygen atoms in total. The van der Waals surface area contributed by atoms with Crippen LogP contribution < -0.4 is 15.8 Å². The lowest BCUT2D eigenvalue weighted by Crippen LogP contribution is -2.40. The van der Waals surface area contributed by atoms with E-state index < -0.39 is 11.9 Å². The maximum Gasteiger partial charge on any atom is 0.396 e. The van der Waals surface area contributed by atoms with Crippen molar-refractivity contribution in [3.05, 3.63) is 71.8 Å². The number of esters is 1. The lowest BCUT2D eigenvalue weighted by Gasteiger charge is -2.32. The standard InChI is InChI=1S/C29H33N5O4.2ClH/c1-3-37-29(36)28(35)32-18-20-4-5-21-6-7-22(17-23(21)16-20)27(31)33-24-8-10-25(11-9-24)38-26-12-14-34(15-13-26)19(2)30;;/h4-11,16-17,26,30H,3,12-15,18H2,1-2H3,(H2,31,33)(H,32,35);2*1H. The molecule has 1 heterocycles. The molecule has 1 amide bonds. The summed E-state index contributed by atoms with van der Waals surface area (Å²) in [6.45, 7) is 5.51. The van der Waals surface area contributed by atoms with Crippen molar-refractivity contribution in [3.8, 4) is 5.75 Å². The largest absolute Gasteiger partial charge is 0.490 e. The number of hydrogen-bond acceptors (Lipinski definition) is 6. The van der Waals surface area contributed by atoms with Crippen LogP contribution in [0, 0.1) is 5.41 Å². The molecule has 0 saturated carbocycles. The molecule has 214 valence electrons. The number of fused-ring (bicyclic) bond motifs is 1. The van der Waals surface area contributed by atoms with Gasteiger partial charge in [-0.2, -0.15) is 0 Å². The fourth-order valence-electron chi connectivity index (χ4n) is 4.32. The number of carbonyl (C=O) groups excluding carboxylic acids is 2. The van der Waals surface area contributed by atoms with E-state index in [2.05, 4.69) is 15.2 Å². The van der Waals surface area contributed by atoms with Crippen LogP contribution in [0.1, 0.15) is 37.8 Å². The molecule has 4 N–H and O–H groups in total. The van der Waals surface area contributed by atoms with Crippen LogP contribution in [0.3, 0.4) is 0 Å². The third kappa shape index (κ3) is 8.59. The highest BCUT2D eigenvalue weighted by molar-refractivity contribution is 6.32. The van der Waals surface area contributed by atoms with E-state index in [0.29, 0.717) is 11.7 Å². The molecule has 11 heteroatoms. The summed E-state index contributed by atoms with van der Waals surface area (Å²) >= 11 is 0. The number of benzene rings is 3. The number of piperidine rings is 1. The number of nitrogens with two attached hydrogens (primary N) is 1. The predicted molar refractivity (Wildman–Crippen MR) is 162 cm³/mol. The van der Waals surface area contributed by atoms with Crippen LogP contribution >= 0.6 is 24.8 Å². The molecule has 0 bridgehead atoms. The molecular formula is C29H35Cl2N5O4. The number of aliphatic imine (C=N–C) groups is 1. The normalized spacial score (nSPS) is 13.6. The molecule has 3 aromatic carbocycles. The van der Waals surface area contributed by atoms with E-state index in [9.17, 15) is 9.59 Å². The fourth-order valence-corrected chi connectivity index (χ4v) is 4.32. The van der Waals surface area contributed by atoms with Gasteiger partial charge < -0.3 is 25.4 Å². The molecule has 1 aliphatic rings. The van der Waals surface area contributed by atoms with E-state index in [-0.39, 0.29) is 44.1 Å². The van der Waals surface area contributed by atoms with Crippen LogP contribution in [0.4, 0.5) is 5.69 Å². The molecule has 0 atom stereocenters. The van der Waals surface area contributed by atoms with Gasteiger partial charge in [-0.25, -0.2) is 9.79 Å². The summed E-state index contributed by atoms with van der Waals surface area (Å²) in [5.41, 5.74) is 8.67. The Bertz CT molecular complexity index is 1360. The van der Waals surface area contributed by atoms with Crippen LogP contribution in [-0.2, 0) is 20.9 Å². The van der Waals surface area contributed by atoms with Crippen LogP contribution in [0.5, 0.6) is 5.75 Å². The second-order valence-corrected chi connectivity index (χ2v) is 9.18. The summed E-state index contributed by atoms with van der Waals surface area (Å²) in [6, 6.07) is 19.2. The second kappa shape index (κ2) is 15.1. The van der Waals surface area contributed by atoms with Gasteiger partial charge in [0.2, 0.25) is 0 Å². The van der Waals surface area contributed by atoms with E-state index in [0.717, 1.165) is 59.3 Å². The van der Waals surface area contributed by atoms with Crippen molar-refractivity contribution < 1.29 is 19.1 Å². The first-order chi connectivity index (χ1) is 18.3. The third-order valence-electron chi connectivity index (χ3n) is 6.42. The lowest BCUT2D eigenvalue weighted by atomic mass is 10.0. The Kier molecular flexibility index (Phi) is 12.2. The van der Waals surface area contributed by atoms with E-state index in [1.807, 2.05) is 67.6 Å². The molecule has 0 spiro atoms. The minimum absolute atomic E-state index is 0. The summed E-state index contributed by atoms with van der Waals surface area (Å²) in [6.07, 6.45) is 1.93.